The highest BCUT2D eigenvalue weighted by Crippen LogP contribution is 2.32. The number of hydrogen-bond donors (Lipinski definition) is 1. The molecule has 1 atom stereocenters. The molecule has 0 aliphatic rings. The Morgan fingerprint density at radius 2 is 1.96 bits per heavy atom. The van der Waals surface area contributed by atoms with E-state index in [1.54, 1.807) is 50.4 Å². The van der Waals surface area contributed by atoms with E-state index in [4.69, 9.17) is 14.7 Å². The van der Waals surface area contributed by atoms with Gasteiger partial charge in [0.05, 0.1) is 31.9 Å². The predicted molar refractivity (Wildman–Crippen MR) is 105 cm³/mol. The minimum absolute atomic E-state index is 0.214. The molecule has 0 aliphatic carbocycles. The number of hydrogen-bond acceptors (Lipinski definition) is 4. The molecule has 1 N–H and O–H groups in total. The zero-order valence-electron chi connectivity index (χ0n) is 16.4. The number of carbonyl (C=O) groups is 1. The van der Waals surface area contributed by atoms with Gasteiger partial charge < -0.3 is 19.7 Å². The highest BCUT2D eigenvalue weighted by Gasteiger charge is 2.21. The quantitative estimate of drug-likeness (QED) is 0.823. The molecule has 0 bridgehead atoms. The van der Waals surface area contributed by atoms with Crippen molar-refractivity contribution in [1.29, 1.82) is 5.26 Å². The third-order valence-electron chi connectivity index (χ3n) is 4.65. The van der Waals surface area contributed by atoms with E-state index < -0.39 is 0 Å². The molecular weight excluding hydrogens is 342 g/mol. The zero-order chi connectivity index (χ0) is 20.0. The van der Waals surface area contributed by atoms with Crippen LogP contribution in [0.25, 0.3) is 0 Å². The van der Waals surface area contributed by atoms with E-state index in [1.165, 1.54) is 0 Å². The van der Waals surface area contributed by atoms with Gasteiger partial charge in [0.15, 0.2) is 0 Å². The summed E-state index contributed by atoms with van der Waals surface area (Å²) < 4.78 is 10.7. The van der Waals surface area contributed by atoms with Gasteiger partial charge >= 0.3 is 6.03 Å². The van der Waals surface area contributed by atoms with Gasteiger partial charge in [0.25, 0.3) is 0 Å². The molecule has 0 saturated carbocycles. The van der Waals surface area contributed by atoms with Gasteiger partial charge in [0.1, 0.15) is 11.5 Å². The summed E-state index contributed by atoms with van der Waals surface area (Å²) in [5.74, 6) is 1.36. The van der Waals surface area contributed by atoms with E-state index >= 15 is 0 Å². The number of amides is 2. The van der Waals surface area contributed by atoms with Gasteiger partial charge in [0.2, 0.25) is 0 Å². The van der Waals surface area contributed by atoms with Crippen LogP contribution in [-0.4, -0.2) is 32.2 Å². The van der Waals surface area contributed by atoms with E-state index in [0.29, 0.717) is 22.7 Å². The largest absolute Gasteiger partial charge is 0.497 e. The molecule has 0 spiro atoms. The summed E-state index contributed by atoms with van der Waals surface area (Å²) in [5, 5.41) is 12.0. The fourth-order valence-corrected chi connectivity index (χ4v) is 2.83. The van der Waals surface area contributed by atoms with Crippen LogP contribution in [0.5, 0.6) is 11.5 Å². The van der Waals surface area contributed by atoms with Crippen LogP contribution in [0.1, 0.15) is 36.6 Å². The summed E-state index contributed by atoms with van der Waals surface area (Å²) in [6.07, 6.45) is 0.719. The maximum absolute atomic E-state index is 12.8. The van der Waals surface area contributed by atoms with Gasteiger partial charge in [-0.2, -0.15) is 5.26 Å². The second kappa shape index (κ2) is 8.95. The molecule has 1 unspecified atom stereocenters. The third-order valence-corrected chi connectivity index (χ3v) is 4.65. The molecule has 6 heteroatoms. The van der Waals surface area contributed by atoms with Crippen molar-refractivity contribution in [3.8, 4) is 17.6 Å². The van der Waals surface area contributed by atoms with Crippen molar-refractivity contribution in [2.75, 3.05) is 26.6 Å². The molecule has 0 saturated heterocycles. The highest BCUT2D eigenvalue weighted by atomic mass is 16.5. The number of rotatable bonds is 6. The third kappa shape index (κ3) is 4.50. The number of nitrogens with zero attached hydrogens (tertiary/aromatic N) is 2. The maximum Gasteiger partial charge on any atom is 0.322 e. The van der Waals surface area contributed by atoms with Crippen LogP contribution in [0.15, 0.2) is 36.4 Å². The molecule has 0 fully saturated rings. The summed E-state index contributed by atoms with van der Waals surface area (Å²) in [6, 6.07) is 12.5. The van der Waals surface area contributed by atoms with Crippen LogP contribution in [-0.2, 0) is 6.42 Å². The lowest BCUT2D eigenvalue weighted by molar-refractivity contribution is 0.207. The first-order chi connectivity index (χ1) is 12.9. The Hall–Kier alpha value is -3.20. The number of aryl methyl sites for hydroxylation is 1. The number of nitriles is 1. The second-order valence-corrected chi connectivity index (χ2v) is 6.16. The molecule has 0 aromatic heterocycles. The summed E-state index contributed by atoms with van der Waals surface area (Å²) in [4.78, 5) is 14.4. The summed E-state index contributed by atoms with van der Waals surface area (Å²) in [5.41, 5.74) is 3.09. The maximum atomic E-state index is 12.8. The zero-order valence-corrected chi connectivity index (χ0v) is 16.4. The monoisotopic (exact) mass is 367 g/mol. The smallest absolute Gasteiger partial charge is 0.322 e. The van der Waals surface area contributed by atoms with Gasteiger partial charge in [0, 0.05) is 24.4 Å². The van der Waals surface area contributed by atoms with Gasteiger partial charge in [-0.1, -0.05) is 6.92 Å². The van der Waals surface area contributed by atoms with Gasteiger partial charge in [-0.15, -0.1) is 0 Å². The topological polar surface area (TPSA) is 74.6 Å². The van der Waals surface area contributed by atoms with Crippen molar-refractivity contribution in [3.05, 3.63) is 53.1 Å². The summed E-state index contributed by atoms with van der Waals surface area (Å²) in [7, 11) is 4.93. The molecule has 0 aliphatic heterocycles. The fraction of sp³-hybridized carbons (Fsp3) is 0.333. The first-order valence-electron chi connectivity index (χ1n) is 8.73. The van der Waals surface area contributed by atoms with E-state index in [9.17, 15) is 4.79 Å². The van der Waals surface area contributed by atoms with Crippen molar-refractivity contribution >= 4 is 11.7 Å². The first kappa shape index (κ1) is 20.1. The van der Waals surface area contributed by atoms with Gasteiger partial charge in [-0.05, 0) is 49.2 Å². The molecule has 0 radical (unpaired) electrons. The van der Waals surface area contributed by atoms with Crippen LogP contribution in [0.3, 0.4) is 0 Å². The minimum Gasteiger partial charge on any atom is -0.497 e. The van der Waals surface area contributed by atoms with E-state index in [0.717, 1.165) is 17.5 Å². The second-order valence-electron chi connectivity index (χ2n) is 6.16. The van der Waals surface area contributed by atoms with Gasteiger partial charge in [-0.3, -0.25) is 0 Å². The van der Waals surface area contributed by atoms with Crippen LogP contribution in [0, 0.1) is 11.3 Å². The average Bonchev–Trinajstić information content (AvgIpc) is 2.72. The van der Waals surface area contributed by atoms with Crippen molar-refractivity contribution in [3.63, 3.8) is 0 Å². The number of urea groups is 1. The number of carbonyl (C=O) groups excluding carboxylic acids is 1. The Kier molecular flexibility index (Phi) is 6.67. The Morgan fingerprint density at radius 3 is 2.56 bits per heavy atom. The Morgan fingerprint density at radius 1 is 1.22 bits per heavy atom. The standard InChI is InChI=1S/C21H25N3O3/c1-6-16-11-15(13-22)7-10-19(16)23-21(25)24(3)14(2)18-9-8-17(26-4)12-20(18)27-5/h7-12,14H,6H2,1-5H3,(H,23,25). The van der Waals surface area contributed by atoms with Crippen LogP contribution in [0.4, 0.5) is 10.5 Å². The lowest BCUT2D eigenvalue weighted by Gasteiger charge is -2.27. The molecular formula is C21H25N3O3. The van der Waals surface area contributed by atoms with Crippen LogP contribution in [0.2, 0.25) is 0 Å². The number of anilines is 1. The van der Waals surface area contributed by atoms with Crippen LogP contribution < -0.4 is 14.8 Å². The van der Waals surface area contributed by atoms with Crippen molar-refractivity contribution in [1.82, 2.24) is 4.90 Å². The molecule has 2 aromatic carbocycles. The van der Waals surface area contributed by atoms with Crippen molar-refractivity contribution in [2.45, 2.75) is 26.3 Å². The summed E-state index contributed by atoms with van der Waals surface area (Å²) >= 11 is 0. The first-order valence-corrected chi connectivity index (χ1v) is 8.73. The molecule has 0 heterocycles. The Bertz CT molecular complexity index is 858. The fourth-order valence-electron chi connectivity index (χ4n) is 2.83. The van der Waals surface area contributed by atoms with Gasteiger partial charge in [-0.25, -0.2) is 4.79 Å². The normalized spacial score (nSPS) is 11.3. The molecule has 2 aromatic rings. The van der Waals surface area contributed by atoms with Crippen LogP contribution >= 0.6 is 0 Å². The lowest BCUT2D eigenvalue weighted by atomic mass is 10.1. The molecule has 142 valence electrons. The molecule has 27 heavy (non-hydrogen) atoms. The number of nitrogens with one attached hydrogen (secondary N) is 1. The molecule has 2 rings (SSSR count). The van der Waals surface area contributed by atoms with E-state index in [-0.39, 0.29) is 12.1 Å². The minimum atomic E-state index is -0.236. The van der Waals surface area contributed by atoms with E-state index in [1.807, 2.05) is 26.0 Å². The lowest BCUT2D eigenvalue weighted by Crippen LogP contribution is -2.34. The average molecular weight is 367 g/mol. The SMILES string of the molecule is CCc1cc(C#N)ccc1NC(=O)N(C)C(C)c1ccc(OC)cc1OC. The molecule has 2 amide bonds. The Balaban J connectivity index is 2.21. The predicted octanol–water partition coefficient (Wildman–Crippen LogP) is 4.36. The molecule has 6 nitrogen and oxygen atoms in total. The Labute approximate surface area is 160 Å². The number of benzene rings is 2. The van der Waals surface area contributed by atoms with Crippen molar-refractivity contribution < 1.29 is 14.3 Å². The number of methoxy groups -OCH3 is 2. The number of ether oxygens (including phenoxy) is 2. The summed E-state index contributed by atoms with van der Waals surface area (Å²) in [6.45, 7) is 3.92. The highest BCUT2D eigenvalue weighted by molar-refractivity contribution is 5.90. The van der Waals surface area contributed by atoms with E-state index in [2.05, 4.69) is 11.4 Å². The van der Waals surface area contributed by atoms with Crippen molar-refractivity contribution in [2.24, 2.45) is 0 Å².